The van der Waals surface area contributed by atoms with Crippen molar-refractivity contribution >= 4 is 0 Å². The summed E-state index contributed by atoms with van der Waals surface area (Å²) in [5, 5.41) is 3.15. The van der Waals surface area contributed by atoms with E-state index in [1.807, 2.05) is 13.2 Å². The fourth-order valence-corrected chi connectivity index (χ4v) is 3.11. The molecule has 0 aliphatic carbocycles. The average Bonchev–Trinajstić information content (AvgIpc) is 2.38. The van der Waals surface area contributed by atoms with Gasteiger partial charge in [-0.3, -0.25) is 9.88 Å². The lowest BCUT2D eigenvalue weighted by Crippen LogP contribution is -2.45. The van der Waals surface area contributed by atoms with Gasteiger partial charge in [-0.25, -0.2) is 0 Å². The SMILES string of the molecule is CNCc1ccc(CN2CC(C)CC(C)C2C)nc1. The first-order valence-electron chi connectivity index (χ1n) is 7.42. The Balaban J connectivity index is 1.99. The molecule has 0 saturated carbocycles. The number of nitrogens with one attached hydrogen (secondary N) is 1. The molecule has 0 spiro atoms. The summed E-state index contributed by atoms with van der Waals surface area (Å²) in [4.78, 5) is 7.18. The van der Waals surface area contributed by atoms with Gasteiger partial charge in [0.15, 0.2) is 0 Å². The largest absolute Gasteiger partial charge is 0.316 e. The van der Waals surface area contributed by atoms with Crippen molar-refractivity contribution < 1.29 is 0 Å². The molecule has 0 bridgehead atoms. The lowest BCUT2D eigenvalue weighted by atomic mass is 9.86. The number of hydrogen-bond acceptors (Lipinski definition) is 3. The van der Waals surface area contributed by atoms with Gasteiger partial charge in [-0.05, 0) is 43.9 Å². The summed E-state index contributed by atoms with van der Waals surface area (Å²) in [6.07, 6.45) is 3.35. The van der Waals surface area contributed by atoms with E-state index in [0.29, 0.717) is 6.04 Å². The molecule has 0 amide bonds. The third kappa shape index (κ3) is 3.77. The Morgan fingerprint density at radius 3 is 2.74 bits per heavy atom. The zero-order valence-electron chi connectivity index (χ0n) is 12.7. The number of likely N-dealkylation sites (tertiary alicyclic amines) is 1. The maximum absolute atomic E-state index is 4.59. The molecule has 1 saturated heterocycles. The van der Waals surface area contributed by atoms with Crippen molar-refractivity contribution in [1.29, 1.82) is 0 Å². The summed E-state index contributed by atoms with van der Waals surface area (Å²) in [6, 6.07) is 5.01. The minimum Gasteiger partial charge on any atom is -0.316 e. The molecule has 3 atom stereocenters. The number of aromatic nitrogens is 1. The van der Waals surface area contributed by atoms with Gasteiger partial charge in [-0.1, -0.05) is 19.9 Å². The Bertz CT molecular complexity index is 387. The molecule has 106 valence electrons. The highest BCUT2D eigenvalue weighted by molar-refractivity contribution is 5.14. The summed E-state index contributed by atoms with van der Waals surface area (Å²) in [5.74, 6) is 1.59. The maximum atomic E-state index is 4.59. The molecule has 1 aliphatic rings. The molecular formula is C16H27N3. The van der Waals surface area contributed by atoms with Gasteiger partial charge < -0.3 is 5.32 Å². The number of nitrogens with zero attached hydrogens (tertiary/aromatic N) is 2. The quantitative estimate of drug-likeness (QED) is 0.903. The summed E-state index contributed by atoms with van der Waals surface area (Å²) >= 11 is 0. The van der Waals surface area contributed by atoms with Crippen LogP contribution in [-0.2, 0) is 13.1 Å². The fourth-order valence-electron chi connectivity index (χ4n) is 3.11. The van der Waals surface area contributed by atoms with E-state index in [-0.39, 0.29) is 0 Å². The van der Waals surface area contributed by atoms with Crippen LogP contribution >= 0.6 is 0 Å². The molecule has 3 nitrogen and oxygen atoms in total. The van der Waals surface area contributed by atoms with Crippen LogP contribution in [0, 0.1) is 11.8 Å². The summed E-state index contributed by atoms with van der Waals surface area (Å²) in [7, 11) is 1.96. The van der Waals surface area contributed by atoms with Crippen LogP contribution in [0.2, 0.25) is 0 Å². The highest BCUT2D eigenvalue weighted by atomic mass is 15.2. The Labute approximate surface area is 117 Å². The van der Waals surface area contributed by atoms with Crippen molar-refractivity contribution in [3.05, 3.63) is 29.6 Å². The minimum atomic E-state index is 0.662. The van der Waals surface area contributed by atoms with Gasteiger partial charge in [0.2, 0.25) is 0 Å². The molecule has 2 heterocycles. The zero-order valence-corrected chi connectivity index (χ0v) is 12.7. The molecule has 2 rings (SSSR count). The highest BCUT2D eigenvalue weighted by Crippen LogP contribution is 2.27. The molecule has 1 fully saturated rings. The second-order valence-corrected chi connectivity index (χ2v) is 6.18. The number of hydrogen-bond donors (Lipinski definition) is 1. The van der Waals surface area contributed by atoms with Gasteiger partial charge in [0.25, 0.3) is 0 Å². The smallest absolute Gasteiger partial charge is 0.0544 e. The highest BCUT2D eigenvalue weighted by Gasteiger charge is 2.28. The standard InChI is InChI=1S/C16H27N3/c1-12-7-13(2)14(3)19(10-12)11-16-6-5-15(8-17-4)9-18-16/h5-6,9,12-14,17H,7-8,10-11H2,1-4H3. The monoisotopic (exact) mass is 261 g/mol. The van der Waals surface area contributed by atoms with E-state index in [1.165, 1.54) is 24.2 Å². The molecule has 1 aromatic rings. The summed E-state index contributed by atoms with van der Waals surface area (Å²) in [6.45, 7) is 10.2. The van der Waals surface area contributed by atoms with Gasteiger partial charge >= 0.3 is 0 Å². The predicted octanol–water partition coefficient (Wildman–Crippen LogP) is 2.67. The Morgan fingerprint density at radius 2 is 2.11 bits per heavy atom. The molecule has 3 heteroatoms. The second-order valence-electron chi connectivity index (χ2n) is 6.18. The van der Waals surface area contributed by atoms with Crippen LogP contribution in [0.15, 0.2) is 18.3 Å². The molecule has 0 aromatic carbocycles. The normalized spacial score (nSPS) is 28.5. The van der Waals surface area contributed by atoms with Crippen LogP contribution in [-0.4, -0.2) is 29.5 Å². The molecule has 1 N–H and O–H groups in total. The minimum absolute atomic E-state index is 0.662. The van der Waals surface area contributed by atoms with Crippen molar-refractivity contribution in [2.45, 2.75) is 46.3 Å². The fraction of sp³-hybridized carbons (Fsp3) is 0.688. The Morgan fingerprint density at radius 1 is 1.32 bits per heavy atom. The molecular weight excluding hydrogens is 234 g/mol. The summed E-state index contributed by atoms with van der Waals surface area (Å²) < 4.78 is 0. The molecule has 1 aliphatic heterocycles. The van der Waals surface area contributed by atoms with Crippen LogP contribution < -0.4 is 5.32 Å². The topological polar surface area (TPSA) is 28.2 Å². The summed E-state index contributed by atoms with van der Waals surface area (Å²) in [5.41, 5.74) is 2.44. The van der Waals surface area contributed by atoms with E-state index in [4.69, 9.17) is 0 Å². The first kappa shape index (κ1) is 14.5. The molecule has 19 heavy (non-hydrogen) atoms. The van der Waals surface area contributed by atoms with Crippen LogP contribution in [0.4, 0.5) is 0 Å². The first-order chi connectivity index (χ1) is 9.10. The van der Waals surface area contributed by atoms with E-state index in [1.54, 1.807) is 0 Å². The van der Waals surface area contributed by atoms with Crippen molar-refractivity contribution in [2.24, 2.45) is 11.8 Å². The van der Waals surface area contributed by atoms with Gasteiger partial charge in [0.1, 0.15) is 0 Å². The van der Waals surface area contributed by atoms with E-state index in [9.17, 15) is 0 Å². The zero-order chi connectivity index (χ0) is 13.8. The number of rotatable bonds is 4. The van der Waals surface area contributed by atoms with Crippen LogP contribution in [0.3, 0.4) is 0 Å². The average molecular weight is 261 g/mol. The van der Waals surface area contributed by atoms with E-state index >= 15 is 0 Å². The molecule has 3 unspecified atom stereocenters. The van der Waals surface area contributed by atoms with Crippen LogP contribution in [0.1, 0.15) is 38.4 Å². The van der Waals surface area contributed by atoms with E-state index in [0.717, 1.165) is 24.9 Å². The number of piperidine rings is 1. The van der Waals surface area contributed by atoms with E-state index < -0.39 is 0 Å². The second kappa shape index (κ2) is 6.49. The molecule has 0 radical (unpaired) electrons. The van der Waals surface area contributed by atoms with Crippen molar-refractivity contribution in [3.63, 3.8) is 0 Å². The lowest BCUT2D eigenvalue weighted by Gasteiger charge is -2.40. The van der Waals surface area contributed by atoms with Crippen molar-refractivity contribution in [1.82, 2.24) is 15.2 Å². The number of pyridine rings is 1. The Kier molecular flexibility index (Phi) is 4.94. The predicted molar refractivity (Wildman–Crippen MR) is 79.8 cm³/mol. The third-order valence-electron chi connectivity index (χ3n) is 4.35. The van der Waals surface area contributed by atoms with Gasteiger partial charge in [0, 0.05) is 31.9 Å². The maximum Gasteiger partial charge on any atom is 0.0544 e. The van der Waals surface area contributed by atoms with E-state index in [2.05, 4.69) is 48.1 Å². The van der Waals surface area contributed by atoms with Crippen LogP contribution in [0.5, 0.6) is 0 Å². The Hall–Kier alpha value is -0.930. The molecule has 1 aromatic heterocycles. The van der Waals surface area contributed by atoms with Crippen molar-refractivity contribution in [2.75, 3.05) is 13.6 Å². The first-order valence-corrected chi connectivity index (χ1v) is 7.42. The third-order valence-corrected chi connectivity index (χ3v) is 4.35. The van der Waals surface area contributed by atoms with Gasteiger partial charge in [0.05, 0.1) is 5.69 Å². The van der Waals surface area contributed by atoms with Gasteiger partial charge in [-0.2, -0.15) is 0 Å². The van der Waals surface area contributed by atoms with Crippen molar-refractivity contribution in [3.8, 4) is 0 Å². The van der Waals surface area contributed by atoms with Crippen LogP contribution in [0.25, 0.3) is 0 Å². The van der Waals surface area contributed by atoms with Gasteiger partial charge in [-0.15, -0.1) is 0 Å². The lowest BCUT2D eigenvalue weighted by molar-refractivity contribution is 0.0718.